The van der Waals surface area contributed by atoms with Gasteiger partial charge < -0.3 is 5.32 Å². The lowest BCUT2D eigenvalue weighted by atomic mass is 9.92. The Bertz CT molecular complexity index is 554. The summed E-state index contributed by atoms with van der Waals surface area (Å²) in [7, 11) is -3.00. The molecule has 0 amide bonds. The molecule has 1 aliphatic heterocycles. The number of hydrogen-bond donors (Lipinski definition) is 1. The van der Waals surface area contributed by atoms with E-state index in [4.69, 9.17) is 0 Å². The number of sulfone groups is 1. The Morgan fingerprint density at radius 1 is 1.35 bits per heavy atom. The van der Waals surface area contributed by atoms with Crippen molar-refractivity contribution in [3.63, 3.8) is 0 Å². The zero-order valence-electron chi connectivity index (χ0n) is 11.4. The zero-order valence-corrected chi connectivity index (χ0v) is 12.2. The molecule has 1 aliphatic rings. The average molecular weight is 303 g/mol. The van der Waals surface area contributed by atoms with E-state index in [1.54, 1.807) is 0 Å². The third-order valence-electron chi connectivity index (χ3n) is 3.79. The van der Waals surface area contributed by atoms with Crippen molar-refractivity contribution in [2.75, 3.05) is 18.1 Å². The number of likely N-dealkylation sites (N-methyl/N-ethyl adjacent to an activating group) is 1. The molecule has 0 aromatic heterocycles. The molecule has 0 saturated carbocycles. The molecular formula is C14H19F2NO2S. The summed E-state index contributed by atoms with van der Waals surface area (Å²) in [5, 5.41) is 3.17. The third-order valence-corrected chi connectivity index (χ3v) is 5.58. The number of nitrogens with one attached hydrogen (secondary N) is 1. The van der Waals surface area contributed by atoms with E-state index in [0.29, 0.717) is 13.0 Å². The van der Waals surface area contributed by atoms with Gasteiger partial charge in [0, 0.05) is 11.6 Å². The summed E-state index contributed by atoms with van der Waals surface area (Å²) in [6, 6.07) is 3.57. The standard InChI is InChI=1S/C14H19F2NO2S/c1-2-17-14(10-6-7-20(18,19)9-10)8-11-12(15)4-3-5-13(11)16/h3-5,10,14,17H,2,6-9H2,1H3. The van der Waals surface area contributed by atoms with Crippen LogP contribution in [0.2, 0.25) is 0 Å². The normalized spacial score (nSPS) is 22.9. The molecule has 2 rings (SSSR count). The summed E-state index contributed by atoms with van der Waals surface area (Å²) in [6.07, 6.45) is 0.725. The zero-order chi connectivity index (χ0) is 14.8. The van der Waals surface area contributed by atoms with Crippen molar-refractivity contribution >= 4 is 9.84 Å². The van der Waals surface area contributed by atoms with Crippen LogP contribution in [0, 0.1) is 17.6 Å². The van der Waals surface area contributed by atoms with Gasteiger partial charge in [-0.05, 0) is 37.4 Å². The summed E-state index contributed by atoms with van der Waals surface area (Å²) in [5.74, 6) is -0.971. The predicted molar refractivity (Wildman–Crippen MR) is 74.3 cm³/mol. The quantitative estimate of drug-likeness (QED) is 0.904. The van der Waals surface area contributed by atoms with E-state index in [9.17, 15) is 17.2 Å². The van der Waals surface area contributed by atoms with E-state index < -0.39 is 21.5 Å². The monoisotopic (exact) mass is 303 g/mol. The fraction of sp³-hybridized carbons (Fsp3) is 0.571. The molecular weight excluding hydrogens is 284 g/mol. The lowest BCUT2D eigenvalue weighted by Crippen LogP contribution is -2.39. The molecule has 1 fully saturated rings. The van der Waals surface area contributed by atoms with Crippen molar-refractivity contribution < 1.29 is 17.2 Å². The molecule has 3 nitrogen and oxygen atoms in total. The molecule has 2 atom stereocenters. The van der Waals surface area contributed by atoms with E-state index >= 15 is 0 Å². The van der Waals surface area contributed by atoms with Gasteiger partial charge in [0.05, 0.1) is 11.5 Å². The minimum atomic E-state index is -3.00. The van der Waals surface area contributed by atoms with Gasteiger partial charge in [0.2, 0.25) is 0 Å². The maximum atomic E-state index is 13.7. The van der Waals surface area contributed by atoms with Crippen LogP contribution in [0.3, 0.4) is 0 Å². The van der Waals surface area contributed by atoms with Gasteiger partial charge in [-0.1, -0.05) is 13.0 Å². The maximum absolute atomic E-state index is 13.7. The second-order valence-corrected chi connectivity index (χ2v) is 7.46. The Hall–Kier alpha value is -1.01. The fourth-order valence-electron chi connectivity index (χ4n) is 2.76. The van der Waals surface area contributed by atoms with E-state index in [-0.39, 0.29) is 35.4 Å². The first-order chi connectivity index (χ1) is 9.43. The summed E-state index contributed by atoms with van der Waals surface area (Å²) in [5.41, 5.74) is 0.0303. The van der Waals surface area contributed by atoms with Crippen LogP contribution in [-0.4, -0.2) is 32.5 Å². The highest BCUT2D eigenvalue weighted by Crippen LogP contribution is 2.25. The third kappa shape index (κ3) is 3.55. The number of rotatable bonds is 5. The molecule has 0 aliphatic carbocycles. The Kier molecular flexibility index (Phi) is 4.75. The second kappa shape index (κ2) is 6.18. The highest BCUT2D eigenvalue weighted by molar-refractivity contribution is 7.91. The van der Waals surface area contributed by atoms with Crippen molar-refractivity contribution in [3.8, 4) is 0 Å². The van der Waals surface area contributed by atoms with Crippen LogP contribution in [0.25, 0.3) is 0 Å². The van der Waals surface area contributed by atoms with Crippen molar-refractivity contribution in [1.82, 2.24) is 5.32 Å². The predicted octanol–water partition coefficient (Wildman–Crippen LogP) is 1.92. The summed E-state index contributed by atoms with van der Waals surface area (Å²) in [6.45, 7) is 2.53. The van der Waals surface area contributed by atoms with Gasteiger partial charge in [0.15, 0.2) is 9.84 Å². The molecule has 2 unspecified atom stereocenters. The van der Waals surface area contributed by atoms with Gasteiger partial charge in [-0.15, -0.1) is 0 Å². The summed E-state index contributed by atoms with van der Waals surface area (Å²) < 4.78 is 50.5. The van der Waals surface area contributed by atoms with Gasteiger partial charge in [-0.2, -0.15) is 0 Å². The van der Waals surface area contributed by atoms with Gasteiger partial charge >= 0.3 is 0 Å². The first-order valence-electron chi connectivity index (χ1n) is 6.79. The topological polar surface area (TPSA) is 46.2 Å². The van der Waals surface area contributed by atoms with Gasteiger partial charge in [-0.3, -0.25) is 0 Å². The van der Waals surface area contributed by atoms with Crippen LogP contribution in [0.15, 0.2) is 18.2 Å². The smallest absolute Gasteiger partial charge is 0.150 e. The Labute approximate surface area is 118 Å². The second-order valence-electron chi connectivity index (χ2n) is 5.23. The van der Waals surface area contributed by atoms with Crippen LogP contribution in [-0.2, 0) is 16.3 Å². The van der Waals surface area contributed by atoms with Crippen LogP contribution in [0.1, 0.15) is 18.9 Å². The summed E-state index contributed by atoms with van der Waals surface area (Å²) >= 11 is 0. The molecule has 1 aromatic rings. The molecule has 1 saturated heterocycles. The van der Waals surface area contributed by atoms with E-state index in [2.05, 4.69) is 5.32 Å². The van der Waals surface area contributed by atoms with Gasteiger partial charge in [-0.25, -0.2) is 17.2 Å². The van der Waals surface area contributed by atoms with Crippen LogP contribution < -0.4 is 5.32 Å². The molecule has 112 valence electrons. The van der Waals surface area contributed by atoms with Gasteiger partial charge in [0.1, 0.15) is 11.6 Å². The van der Waals surface area contributed by atoms with E-state index in [0.717, 1.165) is 0 Å². The van der Waals surface area contributed by atoms with E-state index in [1.165, 1.54) is 18.2 Å². The largest absolute Gasteiger partial charge is 0.314 e. The minimum absolute atomic E-state index is 0.0303. The first kappa shape index (κ1) is 15.4. The molecule has 0 bridgehead atoms. The molecule has 6 heteroatoms. The Morgan fingerprint density at radius 2 is 2.00 bits per heavy atom. The molecule has 0 radical (unpaired) electrons. The van der Waals surface area contributed by atoms with Crippen molar-refractivity contribution in [1.29, 1.82) is 0 Å². The van der Waals surface area contributed by atoms with Crippen molar-refractivity contribution in [2.45, 2.75) is 25.8 Å². The van der Waals surface area contributed by atoms with Crippen molar-refractivity contribution in [2.24, 2.45) is 5.92 Å². The highest BCUT2D eigenvalue weighted by Gasteiger charge is 2.34. The molecule has 20 heavy (non-hydrogen) atoms. The highest BCUT2D eigenvalue weighted by atomic mass is 32.2. The average Bonchev–Trinajstić information content (AvgIpc) is 2.73. The molecule has 1 heterocycles. The van der Waals surface area contributed by atoms with E-state index in [1.807, 2.05) is 6.92 Å². The first-order valence-corrected chi connectivity index (χ1v) is 8.61. The number of hydrogen-bond acceptors (Lipinski definition) is 3. The number of halogens is 2. The lowest BCUT2D eigenvalue weighted by Gasteiger charge is -2.24. The number of benzene rings is 1. The lowest BCUT2D eigenvalue weighted by molar-refractivity contribution is 0.376. The summed E-state index contributed by atoms with van der Waals surface area (Å²) in [4.78, 5) is 0. The maximum Gasteiger partial charge on any atom is 0.150 e. The van der Waals surface area contributed by atoms with Crippen LogP contribution in [0.4, 0.5) is 8.78 Å². The fourth-order valence-corrected chi connectivity index (χ4v) is 4.64. The Balaban J connectivity index is 2.18. The van der Waals surface area contributed by atoms with Gasteiger partial charge in [0.25, 0.3) is 0 Å². The van der Waals surface area contributed by atoms with Crippen LogP contribution >= 0.6 is 0 Å². The molecule has 1 N–H and O–H groups in total. The van der Waals surface area contributed by atoms with Crippen LogP contribution in [0.5, 0.6) is 0 Å². The minimum Gasteiger partial charge on any atom is -0.314 e. The molecule has 0 spiro atoms. The molecule has 1 aromatic carbocycles. The SMILES string of the molecule is CCNC(Cc1c(F)cccc1F)C1CCS(=O)(=O)C1. The Morgan fingerprint density at radius 3 is 2.50 bits per heavy atom. The van der Waals surface area contributed by atoms with Crippen molar-refractivity contribution in [3.05, 3.63) is 35.4 Å².